The zero-order valence-electron chi connectivity index (χ0n) is 32.3. The molecule has 5 amide bonds. The number of nitrogens with zero attached hydrogens (tertiary/aromatic N) is 7. The molecule has 2 aromatic carbocycles. The van der Waals surface area contributed by atoms with Gasteiger partial charge in [0.15, 0.2) is 0 Å². The predicted molar refractivity (Wildman–Crippen MR) is 219 cm³/mol. The van der Waals surface area contributed by atoms with E-state index in [0.717, 1.165) is 99.3 Å². The highest BCUT2D eigenvalue weighted by molar-refractivity contribution is 7.17. The Kier molecular flexibility index (Phi) is 10.5. The van der Waals surface area contributed by atoms with Gasteiger partial charge in [-0.05, 0) is 95.1 Å². The van der Waals surface area contributed by atoms with Gasteiger partial charge in [-0.3, -0.25) is 34.2 Å². The third kappa shape index (κ3) is 7.62. The molecule has 6 aliphatic rings. The minimum atomic E-state index is -1.09. The maximum atomic E-state index is 15.5. The first-order chi connectivity index (χ1) is 28.5. The Morgan fingerprint density at radius 3 is 2.27 bits per heavy atom. The lowest BCUT2D eigenvalue weighted by Crippen LogP contribution is -2.62. The molecule has 18 heteroatoms. The van der Waals surface area contributed by atoms with Crippen molar-refractivity contribution in [3.63, 3.8) is 0 Å². The van der Waals surface area contributed by atoms with Crippen molar-refractivity contribution in [3.05, 3.63) is 68.7 Å². The highest BCUT2D eigenvalue weighted by Gasteiger charge is 2.49. The molecule has 4 saturated heterocycles. The molecule has 1 spiro atoms. The van der Waals surface area contributed by atoms with Crippen molar-refractivity contribution in [2.24, 2.45) is 5.41 Å². The minimum Gasteiger partial charge on any atom is -0.382 e. The number of carbonyl (C=O) groups excluding carboxylic acids is 5. The highest BCUT2D eigenvalue weighted by Crippen LogP contribution is 2.45. The van der Waals surface area contributed by atoms with Crippen molar-refractivity contribution in [1.82, 2.24) is 30.6 Å². The number of carbonyl (C=O) groups is 5. The molecule has 1 atom stereocenters. The van der Waals surface area contributed by atoms with Crippen molar-refractivity contribution < 1.29 is 28.4 Å². The molecule has 59 heavy (non-hydrogen) atoms. The normalized spacial score (nSPS) is 24.8. The number of hydrogen-bond donors (Lipinski definition) is 3. The summed E-state index contributed by atoms with van der Waals surface area (Å²) in [6.45, 7) is 12.1. The van der Waals surface area contributed by atoms with Crippen molar-refractivity contribution >= 4 is 74.7 Å². The van der Waals surface area contributed by atoms with Crippen LogP contribution in [-0.4, -0.2) is 113 Å². The summed E-state index contributed by atoms with van der Waals surface area (Å²) in [5.74, 6) is -3.25. The predicted octanol–water partition coefficient (Wildman–Crippen LogP) is 5.01. The number of halogens is 2. The Morgan fingerprint density at radius 2 is 1.59 bits per heavy atom. The summed E-state index contributed by atoms with van der Waals surface area (Å²) in [6, 6.07) is 7.63. The lowest BCUT2D eigenvalue weighted by atomic mass is 9.71. The van der Waals surface area contributed by atoms with Crippen molar-refractivity contribution in [1.29, 1.82) is 0 Å². The van der Waals surface area contributed by atoms with Crippen LogP contribution < -0.4 is 25.8 Å². The van der Waals surface area contributed by atoms with Crippen LogP contribution in [0.1, 0.15) is 94.7 Å². The molecule has 308 valence electrons. The van der Waals surface area contributed by atoms with E-state index in [-0.39, 0.29) is 53.1 Å². The molecule has 3 N–H and O–H groups in total. The van der Waals surface area contributed by atoms with Crippen LogP contribution in [0.15, 0.2) is 30.3 Å². The van der Waals surface area contributed by atoms with E-state index >= 15 is 4.39 Å². The second-order valence-electron chi connectivity index (χ2n) is 16.7. The fourth-order valence-corrected chi connectivity index (χ4v) is 10.8. The first-order valence-corrected chi connectivity index (χ1v) is 21.5. The summed E-state index contributed by atoms with van der Waals surface area (Å²) in [6.07, 6.45) is 7.49. The van der Waals surface area contributed by atoms with Crippen molar-refractivity contribution in [2.45, 2.75) is 88.4 Å². The Hall–Kier alpha value is -5.18. The topological polar surface area (TPSA) is 165 Å². The highest BCUT2D eigenvalue weighted by atomic mass is 35.5. The van der Waals surface area contributed by atoms with E-state index in [9.17, 15) is 24.0 Å². The molecular weight excluding hydrogens is 799 g/mol. The molecule has 0 bridgehead atoms. The van der Waals surface area contributed by atoms with Gasteiger partial charge >= 0.3 is 0 Å². The summed E-state index contributed by atoms with van der Waals surface area (Å²) >= 11 is 7.54. The maximum absolute atomic E-state index is 15.5. The number of rotatable bonds is 8. The molecule has 3 aromatic rings. The quantitative estimate of drug-likeness (QED) is 0.207. The summed E-state index contributed by atoms with van der Waals surface area (Å²) in [5, 5.41) is 19.1. The Labute approximate surface area is 349 Å². The van der Waals surface area contributed by atoms with Gasteiger partial charge in [0.05, 0.1) is 23.4 Å². The smallest absolute Gasteiger partial charge is 0.282 e. The molecule has 9 rings (SSSR count). The lowest BCUT2D eigenvalue weighted by Gasteiger charge is -2.56. The molecule has 1 aliphatic carbocycles. The first kappa shape index (κ1) is 39.3. The van der Waals surface area contributed by atoms with Crippen LogP contribution in [-0.2, 0) is 9.59 Å². The van der Waals surface area contributed by atoms with Crippen LogP contribution in [0.4, 0.5) is 26.6 Å². The largest absolute Gasteiger partial charge is 0.382 e. The van der Waals surface area contributed by atoms with Gasteiger partial charge in [0, 0.05) is 66.9 Å². The van der Waals surface area contributed by atoms with Gasteiger partial charge in [-0.15, -0.1) is 10.2 Å². The Morgan fingerprint density at radius 1 is 0.898 bits per heavy atom. The molecule has 6 heterocycles. The molecule has 1 unspecified atom stereocenters. The first-order valence-electron chi connectivity index (χ1n) is 20.3. The third-order valence-electron chi connectivity index (χ3n) is 13.1. The summed E-state index contributed by atoms with van der Waals surface area (Å²) in [7, 11) is 0. The summed E-state index contributed by atoms with van der Waals surface area (Å²) < 4.78 is 15.5. The molecule has 0 radical (unpaired) electrons. The average Bonchev–Trinajstić information content (AvgIpc) is 3.81. The van der Waals surface area contributed by atoms with E-state index in [4.69, 9.17) is 18.2 Å². The number of aromatic nitrogens is 2. The van der Waals surface area contributed by atoms with E-state index in [1.54, 1.807) is 12.1 Å². The van der Waals surface area contributed by atoms with Crippen molar-refractivity contribution in [2.75, 3.05) is 54.4 Å². The zero-order chi connectivity index (χ0) is 41.0. The van der Waals surface area contributed by atoms with Gasteiger partial charge in [0.2, 0.25) is 27.6 Å². The van der Waals surface area contributed by atoms with Crippen LogP contribution in [0.2, 0.25) is 5.02 Å². The van der Waals surface area contributed by atoms with Crippen LogP contribution in [0, 0.1) is 17.8 Å². The van der Waals surface area contributed by atoms with E-state index in [1.165, 1.54) is 17.4 Å². The molecular formula is C41H44ClFN10O5S. The summed E-state index contributed by atoms with van der Waals surface area (Å²) in [5.41, 5.74) is 1.71. The van der Waals surface area contributed by atoms with E-state index in [1.807, 2.05) is 11.0 Å². The van der Waals surface area contributed by atoms with Crippen LogP contribution in [0.3, 0.4) is 0 Å². The second kappa shape index (κ2) is 15.8. The molecule has 1 saturated carbocycles. The number of benzene rings is 2. The monoisotopic (exact) mass is 842 g/mol. The number of anilines is 3. The molecule has 5 fully saturated rings. The van der Waals surface area contributed by atoms with Gasteiger partial charge in [-0.2, -0.15) is 0 Å². The maximum Gasteiger partial charge on any atom is 0.282 e. The van der Waals surface area contributed by atoms with Gasteiger partial charge in [-0.25, -0.2) is 9.24 Å². The van der Waals surface area contributed by atoms with Gasteiger partial charge < -0.3 is 25.3 Å². The molecule has 1 aromatic heterocycles. The van der Waals surface area contributed by atoms with Crippen LogP contribution >= 0.6 is 22.9 Å². The molecule has 15 nitrogen and oxygen atoms in total. The zero-order valence-corrected chi connectivity index (χ0v) is 33.9. The Bertz CT molecular complexity index is 2250. The number of amides is 5. The Balaban J connectivity index is 0.714. The van der Waals surface area contributed by atoms with Gasteiger partial charge in [0.1, 0.15) is 11.9 Å². The standard InChI is InChI=1S/C41H44ClFN10O5S/c1-44-31-7-6-25(18-29(31)42)45-23-2-4-24(5-3-23)46-36(56)37-48-49-40(59-37)51-14-10-26(11-15-51)50-16-12-41(13-17-50)21-52(22-41)33-20-28-27(19-30(33)43)38(57)53(39(28)58)32-8-9-34(54)47-35(32)55/h6-7,18-20,23-24,26,32,45H,2-5,8-17,21-22H2,(H,46,56)(H,47,54,55). The number of piperidine rings is 3. The number of nitrogens with one attached hydrogen (secondary N) is 3. The van der Waals surface area contributed by atoms with Gasteiger partial charge in [-0.1, -0.05) is 29.0 Å². The fourth-order valence-electron chi connectivity index (χ4n) is 9.74. The summed E-state index contributed by atoms with van der Waals surface area (Å²) in [4.78, 5) is 74.7. The van der Waals surface area contributed by atoms with Gasteiger partial charge in [0.25, 0.3) is 17.7 Å². The SMILES string of the molecule is [C-]#[N+]c1ccc(NC2CCC(NC(=O)c3nnc(N4CCC(N5CCC6(CC5)CN(c5cc7c(cc5F)C(=O)N(C5CCC(=O)NC5=O)C7=O)C6)CC4)s3)CC2)cc1Cl. The number of fused-ring (bicyclic) bond motifs is 1. The molecule has 5 aliphatic heterocycles. The minimum absolute atomic E-state index is 0.0202. The number of hydrogen-bond acceptors (Lipinski definition) is 12. The average molecular weight is 843 g/mol. The van der Waals surface area contributed by atoms with E-state index < -0.39 is 35.5 Å². The fraction of sp³-hybridized carbons (Fsp3) is 0.512. The van der Waals surface area contributed by atoms with Crippen LogP contribution in [0.25, 0.3) is 4.85 Å². The van der Waals surface area contributed by atoms with E-state index in [0.29, 0.717) is 34.8 Å². The third-order valence-corrected chi connectivity index (χ3v) is 14.4. The van der Waals surface area contributed by atoms with E-state index in [2.05, 4.69) is 40.8 Å². The number of imide groups is 2. The number of likely N-dealkylation sites (tertiary alicyclic amines) is 1. The second-order valence-corrected chi connectivity index (χ2v) is 18.1. The lowest BCUT2D eigenvalue weighted by molar-refractivity contribution is -0.136. The van der Waals surface area contributed by atoms with Crippen molar-refractivity contribution in [3.8, 4) is 0 Å². The van der Waals surface area contributed by atoms with Crippen LogP contribution in [0.5, 0.6) is 0 Å².